The summed E-state index contributed by atoms with van der Waals surface area (Å²) in [6, 6.07) is 16.5. The summed E-state index contributed by atoms with van der Waals surface area (Å²) < 4.78 is 35.2. The number of nitrogens with one attached hydrogen (secondary N) is 1. The van der Waals surface area contributed by atoms with Crippen LogP contribution in [0.1, 0.15) is 28.6 Å². The van der Waals surface area contributed by atoms with E-state index in [1.54, 1.807) is 17.8 Å². The van der Waals surface area contributed by atoms with Crippen LogP contribution in [0.3, 0.4) is 0 Å². The lowest BCUT2D eigenvalue weighted by Gasteiger charge is -2.15. The maximum Gasteiger partial charge on any atom is 0.209 e. The van der Waals surface area contributed by atoms with Crippen molar-refractivity contribution in [3.8, 4) is 11.3 Å². The average molecular weight is 502 g/mol. The highest BCUT2D eigenvalue weighted by molar-refractivity contribution is 9.10. The molecule has 10 heteroatoms. The van der Waals surface area contributed by atoms with Gasteiger partial charge >= 0.3 is 0 Å². The lowest BCUT2D eigenvalue weighted by molar-refractivity contribution is 0.426. The quantitative estimate of drug-likeness (QED) is 0.414. The van der Waals surface area contributed by atoms with Crippen LogP contribution in [0.25, 0.3) is 11.3 Å². The van der Waals surface area contributed by atoms with Crippen LogP contribution in [0, 0.1) is 6.92 Å². The molecule has 0 aliphatic carbocycles. The van der Waals surface area contributed by atoms with Gasteiger partial charge in [-0.2, -0.15) is 0 Å². The molecule has 0 bridgehead atoms. The summed E-state index contributed by atoms with van der Waals surface area (Å²) in [4.78, 5) is 0. The van der Waals surface area contributed by atoms with Gasteiger partial charge in [-0.15, -0.1) is 5.10 Å². The Kier molecular flexibility index (Phi) is 6.03. The fraction of sp³-hybridized carbons (Fsp3) is 0.190. The van der Waals surface area contributed by atoms with E-state index in [0.29, 0.717) is 29.3 Å². The first-order valence-corrected chi connectivity index (χ1v) is 12.1. The summed E-state index contributed by atoms with van der Waals surface area (Å²) in [6.45, 7) is 2.29. The second-order valence-electron chi connectivity index (χ2n) is 7.17. The van der Waals surface area contributed by atoms with Crippen LogP contribution < -0.4 is 4.72 Å². The van der Waals surface area contributed by atoms with Crippen LogP contribution >= 0.6 is 15.9 Å². The van der Waals surface area contributed by atoms with Crippen molar-refractivity contribution in [3.63, 3.8) is 0 Å². The molecule has 31 heavy (non-hydrogen) atoms. The van der Waals surface area contributed by atoms with Gasteiger partial charge in [-0.05, 0) is 24.6 Å². The number of rotatable bonds is 7. The molecule has 0 aliphatic rings. The molecule has 0 radical (unpaired) electrons. The standard InChI is InChI=1S/C21H20BrN5O3S/c1-14-19(21(30-24-14)16-8-10-17(22)11-9-16)20(25-31(2,28)29)18-13-27(26-23-18)12-15-6-4-3-5-7-15/h3-11,13,20,25H,12H2,1-2H3. The molecule has 0 aliphatic heterocycles. The molecule has 0 fully saturated rings. The molecule has 1 N–H and O–H groups in total. The zero-order valence-corrected chi connectivity index (χ0v) is 19.3. The minimum Gasteiger partial charge on any atom is -0.356 e. The molecule has 8 nitrogen and oxygen atoms in total. The van der Waals surface area contributed by atoms with E-state index in [1.807, 2.05) is 54.6 Å². The van der Waals surface area contributed by atoms with Gasteiger partial charge in [-0.25, -0.2) is 17.8 Å². The van der Waals surface area contributed by atoms with Crippen molar-refractivity contribution in [3.05, 3.63) is 87.8 Å². The molecule has 0 saturated carbocycles. The molecule has 160 valence electrons. The largest absolute Gasteiger partial charge is 0.356 e. The van der Waals surface area contributed by atoms with E-state index in [0.717, 1.165) is 21.9 Å². The minimum atomic E-state index is -3.57. The molecule has 4 aromatic rings. The molecule has 0 amide bonds. The number of benzene rings is 2. The SMILES string of the molecule is Cc1noc(-c2ccc(Br)cc2)c1C(NS(C)(=O)=O)c1cn(Cc2ccccc2)nn1. The summed E-state index contributed by atoms with van der Waals surface area (Å²) in [5, 5.41) is 12.5. The third-order valence-corrected chi connectivity index (χ3v) is 5.87. The third-order valence-electron chi connectivity index (χ3n) is 4.67. The Morgan fingerprint density at radius 1 is 1.13 bits per heavy atom. The summed E-state index contributed by atoms with van der Waals surface area (Å²) in [5.41, 5.74) is 3.45. The van der Waals surface area contributed by atoms with Crippen molar-refractivity contribution >= 4 is 26.0 Å². The Morgan fingerprint density at radius 3 is 2.52 bits per heavy atom. The molecule has 1 unspecified atom stereocenters. The second kappa shape index (κ2) is 8.74. The molecule has 0 spiro atoms. The van der Waals surface area contributed by atoms with Crippen molar-refractivity contribution in [1.82, 2.24) is 24.9 Å². The number of halogens is 1. The van der Waals surface area contributed by atoms with Gasteiger partial charge in [0.1, 0.15) is 5.69 Å². The van der Waals surface area contributed by atoms with Crippen molar-refractivity contribution in [1.29, 1.82) is 0 Å². The van der Waals surface area contributed by atoms with Gasteiger partial charge in [0.15, 0.2) is 5.76 Å². The van der Waals surface area contributed by atoms with Crippen LogP contribution in [-0.4, -0.2) is 34.8 Å². The highest BCUT2D eigenvalue weighted by Gasteiger charge is 2.29. The fourth-order valence-corrected chi connectivity index (χ4v) is 4.23. The highest BCUT2D eigenvalue weighted by Crippen LogP contribution is 2.34. The molecule has 0 saturated heterocycles. The van der Waals surface area contributed by atoms with Crippen molar-refractivity contribution in [2.24, 2.45) is 0 Å². The summed E-state index contributed by atoms with van der Waals surface area (Å²) >= 11 is 3.42. The van der Waals surface area contributed by atoms with Gasteiger partial charge in [-0.3, -0.25) is 0 Å². The normalized spacial score (nSPS) is 12.7. The number of aryl methyl sites for hydroxylation is 1. The maximum absolute atomic E-state index is 12.2. The van der Waals surface area contributed by atoms with Gasteiger partial charge in [0.2, 0.25) is 10.0 Å². The van der Waals surface area contributed by atoms with Crippen LogP contribution in [0.5, 0.6) is 0 Å². The molecular weight excluding hydrogens is 482 g/mol. The third kappa shape index (κ3) is 5.09. The minimum absolute atomic E-state index is 0.450. The zero-order valence-electron chi connectivity index (χ0n) is 16.9. The molecule has 4 rings (SSSR count). The lowest BCUT2D eigenvalue weighted by Crippen LogP contribution is -2.29. The van der Waals surface area contributed by atoms with Crippen LogP contribution in [-0.2, 0) is 16.6 Å². The van der Waals surface area contributed by atoms with E-state index in [1.165, 1.54) is 0 Å². The van der Waals surface area contributed by atoms with E-state index in [9.17, 15) is 8.42 Å². The number of hydrogen-bond acceptors (Lipinski definition) is 6. The molecule has 2 aromatic carbocycles. The summed E-state index contributed by atoms with van der Waals surface area (Å²) in [7, 11) is -3.57. The van der Waals surface area contributed by atoms with E-state index in [4.69, 9.17) is 4.52 Å². The Bertz CT molecular complexity index is 1280. The monoisotopic (exact) mass is 501 g/mol. The van der Waals surface area contributed by atoms with Crippen LogP contribution in [0.15, 0.2) is 69.8 Å². The van der Waals surface area contributed by atoms with Gasteiger partial charge in [0.05, 0.1) is 30.7 Å². The van der Waals surface area contributed by atoms with E-state index < -0.39 is 16.1 Å². The average Bonchev–Trinajstić information content (AvgIpc) is 3.34. The van der Waals surface area contributed by atoms with Crippen LogP contribution in [0.4, 0.5) is 0 Å². The molecule has 2 heterocycles. The van der Waals surface area contributed by atoms with E-state index >= 15 is 0 Å². The van der Waals surface area contributed by atoms with Crippen molar-refractivity contribution in [2.45, 2.75) is 19.5 Å². The van der Waals surface area contributed by atoms with Crippen LogP contribution in [0.2, 0.25) is 0 Å². The Labute approximate surface area is 188 Å². The second-order valence-corrected chi connectivity index (χ2v) is 9.86. The predicted octanol–water partition coefficient (Wildman–Crippen LogP) is 3.69. The van der Waals surface area contributed by atoms with Gasteiger partial charge < -0.3 is 4.52 Å². The van der Waals surface area contributed by atoms with Gasteiger partial charge in [0, 0.05) is 15.6 Å². The molecular formula is C21H20BrN5O3S. The maximum atomic E-state index is 12.2. The van der Waals surface area contributed by atoms with Gasteiger partial charge in [0.25, 0.3) is 0 Å². The molecule has 2 aromatic heterocycles. The lowest BCUT2D eigenvalue weighted by atomic mass is 9.99. The summed E-state index contributed by atoms with van der Waals surface area (Å²) in [5.74, 6) is 0.476. The van der Waals surface area contributed by atoms with Crippen molar-refractivity contribution in [2.75, 3.05) is 6.26 Å². The Hall–Kier alpha value is -2.82. The Balaban J connectivity index is 1.75. The zero-order chi connectivity index (χ0) is 22.0. The first-order valence-electron chi connectivity index (χ1n) is 9.43. The predicted molar refractivity (Wildman–Crippen MR) is 120 cm³/mol. The molecule has 1 atom stereocenters. The summed E-state index contributed by atoms with van der Waals surface area (Å²) in [6.07, 6.45) is 2.84. The van der Waals surface area contributed by atoms with E-state index in [2.05, 4.69) is 36.1 Å². The van der Waals surface area contributed by atoms with E-state index in [-0.39, 0.29) is 0 Å². The fourth-order valence-electron chi connectivity index (χ4n) is 3.30. The number of nitrogens with zero attached hydrogens (tertiary/aromatic N) is 4. The number of sulfonamides is 1. The number of aromatic nitrogens is 4. The smallest absolute Gasteiger partial charge is 0.209 e. The van der Waals surface area contributed by atoms with Gasteiger partial charge in [-0.1, -0.05) is 68.8 Å². The Morgan fingerprint density at radius 2 is 1.84 bits per heavy atom. The first kappa shape index (κ1) is 21.4. The highest BCUT2D eigenvalue weighted by atomic mass is 79.9. The first-order chi connectivity index (χ1) is 14.8. The van der Waals surface area contributed by atoms with Crippen molar-refractivity contribution < 1.29 is 12.9 Å². The number of hydrogen-bond donors (Lipinski definition) is 1. The topological polar surface area (TPSA) is 103 Å².